The van der Waals surface area contributed by atoms with Gasteiger partial charge >= 0.3 is 11.9 Å². The van der Waals surface area contributed by atoms with Gasteiger partial charge in [-0.05, 0) is 33.1 Å². The van der Waals surface area contributed by atoms with Crippen molar-refractivity contribution in [3.63, 3.8) is 0 Å². The Morgan fingerprint density at radius 1 is 1.11 bits per heavy atom. The van der Waals surface area contributed by atoms with Crippen LogP contribution in [-0.4, -0.2) is 84.0 Å². The highest BCUT2D eigenvalue weighted by atomic mass is 35.5. The quantitative estimate of drug-likeness (QED) is 0.347. The molecule has 3 fully saturated rings. The lowest BCUT2D eigenvalue weighted by atomic mass is 10.1. The summed E-state index contributed by atoms with van der Waals surface area (Å²) >= 11 is 22.5. The van der Waals surface area contributed by atoms with Gasteiger partial charge in [-0.1, -0.05) is 46.4 Å². The van der Waals surface area contributed by atoms with Gasteiger partial charge in [0.2, 0.25) is 9.67 Å². The minimum Gasteiger partial charge on any atom is -0.461 e. The van der Waals surface area contributed by atoms with Gasteiger partial charge in [0.05, 0.1) is 12.4 Å². The molecule has 0 radical (unpaired) electrons. The average Bonchev–Trinajstić information content (AvgIpc) is 3.61. The van der Waals surface area contributed by atoms with Crippen LogP contribution in [0.5, 0.6) is 0 Å². The van der Waals surface area contributed by atoms with Gasteiger partial charge < -0.3 is 29.0 Å². The summed E-state index contributed by atoms with van der Waals surface area (Å²) < 4.78 is 30.7. The minimum absolute atomic E-state index is 0.131. The SMILES string of the molecule is CC1(C)O[C@@H]2[C@H](O1)[C@@H](COC(=O)C(Cl)Cl)O[C@H]2n1cnc2c(N[C@H]3CCC[C@@H]3OC(=O)C(Cl)Cl)ncnc21. The zero-order valence-electron chi connectivity index (χ0n) is 20.3. The third-order valence-electron chi connectivity index (χ3n) is 6.55. The number of carbonyl (C=O) groups is 2. The first kappa shape index (κ1) is 27.9. The Hall–Kier alpha value is -1.67. The van der Waals surface area contributed by atoms with Crippen LogP contribution in [0, 0.1) is 0 Å². The lowest BCUT2D eigenvalue weighted by Gasteiger charge is -2.24. The maximum atomic E-state index is 11.9. The molecule has 2 aliphatic heterocycles. The zero-order chi connectivity index (χ0) is 27.2. The fraction of sp³-hybridized carbons (Fsp3) is 0.682. The molecule has 16 heteroatoms. The molecule has 0 unspecified atom stereocenters. The molecule has 5 rings (SSSR count). The smallest absolute Gasteiger partial charge is 0.339 e. The monoisotopic (exact) mass is 611 g/mol. The van der Waals surface area contributed by atoms with Crippen molar-refractivity contribution in [3.8, 4) is 0 Å². The maximum absolute atomic E-state index is 11.9. The van der Waals surface area contributed by atoms with Crippen LogP contribution in [0.4, 0.5) is 5.82 Å². The number of rotatable bonds is 8. The van der Waals surface area contributed by atoms with E-state index in [2.05, 4.69) is 20.3 Å². The van der Waals surface area contributed by atoms with Crippen LogP contribution in [0.2, 0.25) is 0 Å². The first-order valence-electron chi connectivity index (χ1n) is 11.9. The second-order valence-corrected chi connectivity index (χ2v) is 11.8. The molecule has 208 valence electrons. The average molecular weight is 613 g/mol. The van der Waals surface area contributed by atoms with E-state index in [0.717, 1.165) is 12.8 Å². The van der Waals surface area contributed by atoms with Crippen molar-refractivity contribution in [3.05, 3.63) is 12.7 Å². The predicted molar refractivity (Wildman–Crippen MR) is 136 cm³/mol. The Labute approximate surface area is 237 Å². The van der Waals surface area contributed by atoms with Crippen LogP contribution < -0.4 is 5.32 Å². The summed E-state index contributed by atoms with van der Waals surface area (Å²) in [5.74, 6) is -1.89. The third kappa shape index (κ3) is 5.63. The van der Waals surface area contributed by atoms with Crippen LogP contribution in [-0.2, 0) is 33.3 Å². The highest BCUT2D eigenvalue weighted by Crippen LogP contribution is 2.44. The number of imidazole rings is 1. The first-order valence-corrected chi connectivity index (χ1v) is 13.7. The van der Waals surface area contributed by atoms with Crippen molar-refractivity contribution in [1.82, 2.24) is 19.5 Å². The molecule has 0 amide bonds. The lowest BCUT2D eigenvalue weighted by molar-refractivity contribution is -0.202. The summed E-state index contributed by atoms with van der Waals surface area (Å²) in [5, 5.41) is 3.32. The van der Waals surface area contributed by atoms with Crippen LogP contribution in [0.25, 0.3) is 11.2 Å². The van der Waals surface area contributed by atoms with Crippen molar-refractivity contribution < 1.29 is 33.3 Å². The Bertz CT molecular complexity index is 1200. The molecule has 1 N–H and O–H groups in total. The largest absolute Gasteiger partial charge is 0.461 e. The summed E-state index contributed by atoms with van der Waals surface area (Å²) in [5.41, 5.74) is 0.962. The standard InChI is InChI=1S/C22H25Cl4N5O7/c1-22(2)37-13-11(6-34-20(32)15(23)24)35-19(14(13)38-22)31-8-29-12-17(27-7-28-18(12)31)30-9-4-3-5-10(9)36-21(33)16(25)26/h7-11,13-16,19H,3-6H2,1-2H3,(H,27,28,30)/t9-,10-,11+,13+,14+,19+/m0/s1. The van der Waals surface area contributed by atoms with Crippen LogP contribution >= 0.6 is 46.4 Å². The summed E-state index contributed by atoms with van der Waals surface area (Å²) in [6, 6.07) is -0.208. The highest BCUT2D eigenvalue weighted by molar-refractivity contribution is 6.53. The van der Waals surface area contributed by atoms with E-state index in [0.29, 0.717) is 23.4 Å². The van der Waals surface area contributed by atoms with E-state index < -0.39 is 58.0 Å². The molecule has 12 nitrogen and oxygen atoms in total. The molecule has 2 aromatic rings. The number of carbonyl (C=O) groups excluding carboxylic acids is 2. The zero-order valence-corrected chi connectivity index (χ0v) is 23.3. The first-order chi connectivity index (χ1) is 18.0. The number of fused-ring (bicyclic) bond motifs is 2. The van der Waals surface area contributed by atoms with E-state index >= 15 is 0 Å². The van der Waals surface area contributed by atoms with E-state index in [4.69, 9.17) is 70.1 Å². The van der Waals surface area contributed by atoms with Gasteiger partial charge in [0, 0.05) is 0 Å². The molecule has 1 aliphatic carbocycles. The van der Waals surface area contributed by atoms with Crippen LogP contribution in [0.15, 0.2) is 12.7 Å². The number of halogens is 4. The van der Waals surface area contributed by atoms with Gasteiger partial charge in [-0.25, -0.2) is 24.5 Å². The summed E-state index contributed by atoms with van der Waals surface area (Å²) in [7, 11) is 0. The van der Waals surface area contributed by atoms with E-state index in [9.17, 15) is 9.59 Å². The van der Waals surface area contributed by atoms with Crippen LogP contribution in [0.1, 0.15) is 39.3 Å². The van der Waals surface area contributed by atoms with E-state index in [-0.39, 0.29) is 12.6 Å². The molecule has 4 heterocycles. The number of ether oxygens (including phenoxy) is 5. The van der Waals surface area contributed by atoms with Gasteiger partial charge in [0.1, 0.15) is 37.4 Å². The Kier molecular flexibility index (Phi) is 8.12. The number of aromatic nitrogens is 4. The van der Waals surface area contributed by atoms with Crippen LogP contribution in [0.3, 0.4) is 0 Å². The number of nitrogens with zero attached hydrogens (tertiary/aromatic N) is 4. The molecule has 2 saturated heterocycles. The second kappa shape index (κ2) is 11.1. The molecule has 0 spiro atoms. The van der Waals surface area contributed by atoms with Gasteiger partial charge in [-0.15, -0.1) is 0 Å². The Balaban J connectivity index is 1.37. The van der Waals surface area contributed by atoms with Crippen molar-refractivity contribution in [2.24, 2.45) is 0 Å². The predicted octanol–water partition coefficient (Wildman–Crippen LogP) is 3.27. The molecule has 0 aromatic carbocycles. The van der Waals surface area contributed by atoms with E-state index in [1.807, 2.05) is 0 Å². The number of alkyl halides is 4. The number of anilines is 1. The number of nitrogens with one attached hydrogen (secondary N) is 1. The second-order valence-electron chi connectivity index (χ2n) is 9.56. The topological polar surface area (TPSA) is 136 Å². The fourth-order valence-electron chi connectivity index (χ4n) is 5.00. The molecule has 2 aromatic heterocycles. The maximum Gasteiger partial charge on any atom is 0.339 e. The van der Waals surface area contributed by atoms with Gasteiger partial charge in [0.25, 0.3) is 0 Å². The van der Waals surface area contributed by atoms with Gasteiger partial charge in [-0.2, -0.15) is 0 Å². The Morgan fingerprint density at radius 3 is 2.58 bits per heavy atom. The highest BCUT2D eigenvalue weighted by Gasteiger charge is 2.56. The minimum atomic E-state index is -1.31. The van der Waals surface area contributed by atoms with E-state index in [1.54, 1.807) is 24.7 Å². The molecule has 3 aliphatic rings. The summed E-state index contributed by atoms with van der Waals surface area (Å²) in [4.78, 5) is 34.4. The molecule has 0 bridgehead atoms. The normalized spacial score (nSPS) is 30.2. The summed E-state index contributed by atoms with van der Waals surface area (Å²) in [6.45, 7) is 3.45. The number of esters is 2. The molecule has 1 saturated carbocycles. The van der Waals surface area contributed by atoms with E-state index in [1.165, 1.54) is 6.33 Å². The fourth-order valence-corrected chi connectivity index (χ4v) is 5.23. The third-order valence-corrected chi connectivity index (χ3v) is 7.26. The van der Waals surface area contributed by atoms with Crippen molar-refractivity contribution in [2.45, 2.75) is 85.3 Å². The van der Waals surface area contributed by atoms with Crippen molar-refractivity contribution in [2.75, 3.05) is 11.9 Å². The number of hydrogen-bond donors (Lipinski definition) is 1. The molecule has 38 heavy (non-hydrogen) atoms. The number of hydrogen-bond acceptors (Lipinski definition) is 11. The molecular weight excluding hydrogens is 588 g/mol. The Morgan fingerprint density at radius 2 is 1.84 bits per heavy atom. The lowest BCUT2D eigenvalue weighted by Crippen LogP contribution is -2.34. The molecule has 6 atom stereocenters. The van der Waals surface area contributed by atoms with Gasteiger partial charge in [-0.3, -0.25) is 4.57 Å². The van der Waals surface area contributed by atoms with Crippen molar-refractivity contribution >= 4 is 75.3 Å². The van der Waals surface area contributed by atoms with Crippen molar-refractivity contribution in [1.29, 1.82) is 0 Å². The molecular formula is C22H25Cl4N5O7. The summed E-state index contributed by atoms with van der Waals surface area (Å²) in [6.07, 6.45) is 2.40. The van der Waals surface area contributed by atoms with Gasteiger partial charge in [0.15, 0.2) is 29.0 Å².